The van der Waals surface area contributed by atoms with Crippen molar-refractivity contribution in [2.45, 2.75) is 18.4 Å². The van der Waals surface area contributed by atoms with Gasteiger partial charge < -0.3 is 4.90 Å². The second-order valence-corrected chi connectivity index (χ2v) is 7.67. The minimum atomic E-state index is -0.404. The number of nitriles is 1. The van der Waals surface area contributed by atoms with E-state index in [0.29, 0.717) is 0 Å². The highest BCUT2D eigenvalue weighted by Crippen LogP contribution is 2.68. The Morgan fingerprint density at radius 2 is 1.30 bits per heavy atom. The predicted octanol–water partition coefficient (Wildman–Crippen LogP) is 5.02. The molecule has 3 aromatic rings. The zero-order chi connectivity index (χ0) is 18.7. The van der Waals surface area contributed by atoms with E-state index in [1.165, 1.54) is 16.7 Å². The SMILES string of the molecule is CN(Cc1ccccc1)CC1(C#N)CC1(c1ccccc1)c1ccccc1. The van der Waals surface area contributed by atoms with Crippen molar-refractivity contribution in [3.63, 3.8) is 0 Å². The third-order valence-electron chi connectivity index (χ3n) is 5.84. The number of nitrogens with zero attached hydrogens (tertiary/aromatic N) is 2. The number of benzene rings is 3. The topological polar surface area (TPSA) is 27.0 Å². The van der Waals surface area contributed by atoms with Gasteiger partial charge in [0.05, 0.1) is 11.5 Å². The van der Waals surface area contributed by atoms with Gasteiger partial charge in [0.25, 0.3) is 0 Å². The standard InChI is InChI=1S/C25H24N2/c1-27(17-21-11-5-2-6-12-21)20-24(19-26)18-25(24,22-13-7-3-8-14-22)23-15-9-4-10-16-23/h2-16H,17-18,20H2,1H3. The molecule has 1 unspecified atom stereocenters. The van der Waals surface area contributed by atoms with E-state index < -0.39 is 5.41 Å². The van der Waals surface area contributed by atoms with Crippen molar-refractivity contribution >= 4 is 0 Å². The lowest BCUT2D eigenvalue weighted by Gasteiger charge is -2.26. The van der Waals surface area contributed by atoms with Gasteiger partial charge in [0, 0.05) is 18.5 Å². The number of hydrogen-bond donors (Lipinski definition) is 0. The summed E-state index contributed by atoms with van der Waals surface area (Å²) in [5, 5.41) is 10.3. The summed E-state index contributed by atoms with van der Waals surface area (Å²) >= 11 is 0. The second kappa shape index (κ2) is 7.02. The van der Waals surface area contributed by atoms with Crippen LogP contribution in [-0.2, 0) is 12.0 Å². The van der Waals surface area contributed by atoms with Gasteiger partial charge in [-0.2, -0.15) is 5.26 Å². The summed E-state index contributed by atoms with van der Waals surface area (Å²) in [5.74, 6) is 0. The first kappa shape index (κ1) is 17.5. The van der Waals surface area contributed by atoms with Crippen LogP contribution in [0.2, 0.25) is 0 Å². The Hall–Kier alpha value is -2.89. The summed E-state index contributed by atoms with van der Waals surface area (Å²) in [6.45, 7) is 1.60. The lowest BCUT2D eigenvalue weighted by atomic mass is 9.80. The molecule has 2 heteroatoms. The lowest BCUT2D eigenvalue weighted by Crippen LogP contribution is -2.31. The molecule has 0 heterocycles. The molecule has 0 saturated heterocycles. The Bertz CT molecular complexity index is 889. The normalized spacial score (nSPS) is 20.2. The fraction of sp³-hybridized carbons (Fsp3) is 0.240. The molecular formula is C25H24N2. The van der Waals surface area contributed by atoms with Gasteiger partial charge in [0.15, 0.2) is 0 Å². The van der Waals surface area contributed by atoms with Crippen molar-refractivity contribution in [3.05, 3.63) is 108 Å². The Morgan fingerprint density at radius 1 is 0.815 bits per heavy atom. The highest BCUT2D eigenvalue weighted by Gasteiger charge is 2.69. The molecule has 134 valence electrons. The third-order valence-corrected chi connectivity index (χ3v) is 5.84. The summed E-state index contributed by atoms with van der Waals surface area (Å²) < 4.78 is 0. The molecule has 0 N–H and O–H groups in total. The van der Waals surface area contributed by atoms with Crippen LogP contribution >= 0.6 is 0 Å². The van der Waals surface area contributed by atoms with E-state index in [2.05, 4.69) is 90.8 Å². The average molecular weight is 352 g/mol. The van der Waals surface area contributed by atoms with E-state index in [-0.39, 0.29) is 5.41 Å². The van der Waals surface area contributed by atoms with E-state index in [9.17, 15) is 5.26 Å². The van der Waals surface area contributed by atoms with Crippen LogP contribution in [0.1, 0.15) is 23.1 Å². The number of hydrogen-bond acceptors (Lipinski definition) is 2. The van der Waals surface area contributed by atoms with Gasteiger partial charge in [-0.05, 0) is 30.2 Å². The molecule has 27 heavy (non-hydrogen) atoms. The van der Waals surface area contributed by atoms with E-state index >= 15 is 0 Å². The minimum Gasteiger partial charge on any atom is -0.300 e. The summed E-state index contributed by atoms with van der Waals surface area (Å²) in [4.78, 5) is 2.28. The average Bonchev–Trinajstić information content (AvgIpc) is 3.40. The molecule has 1 fully saturated rings. The Labute approximate surface area is 161 Å². The Balaban J connectivity index is 1.67. The number of rotatable bonds is 6. The molecule has 0 aromatic heterocycles. The zero-order valence-corrected chi connectivity index (χ0v) is 15.7. The molecule has 1 saturated carbocycles. The van der Waals surface area contributed by atoms with Crippen LogP contribution in [0.4, 0.5) is 0 Å². The van der Waals surface area contributed by atoms with Crippen LogP contribution in [0.3, 0.4) is 0 Å². The van der Waals surface area contributed by atoms with Gasteiger partial charge in [-0.3, -0.25) is 0 Å². The third kappa shape index (κ3) is 3.05. The molecule has 4 rings (SSSR count). The molecule has 0 radical (unpaired) electrons. The smallest absolute Gasteiger partial charge is 0.0850 e. The van der Waals surface area contributed by atoms with Crippen LogP contribution in [0.25, 0.3) is 0 Å². The van der Waals surface area contributed by atoms with Crippen LogP contribution in [0.15, 0.2) is 91.0 Å². The molecule has 0 spiro atoms. The van der Waals surface area contributed by atoms with Crippen LogP contribution in [0, 0.1) is 16.7 Å². The van der Waals surface area contributed by atoms with Gasteiger partial charge in [-0.1, -0.05) is 91.0 Å². The molecule has 1 atom stereocenters. The molecular weight excluding hydrogens is 328 g/mol. The molecule has 1 aliphatic rings. The van der Waals surface area contributed by atoms with E-state index in [1.807, 2.05) is 18.2 Å². The second-order valence-electron chi connectivity index (χ2n) is 7.67. The first-order chi connectivity index (χ1) is 13.2. The summed E-state index contributed by atoms with van der Waals surface area (Å²) in [5.41, 5.74) is 3.13. The maximum Gasteiger partial charge on any atom is 0.0850 e. The van der Waals surface area contributed by atoms with Gasteiger partial charge in [0.2, 0.25) is 0 Å². The molecule has 0 bridgehead atoms. The van der Waals surface area contributed by atoms with Crippen molar-refractivity contribution in [2.24, 2.45) is 5.41 Å². The fourth-order valence-corrected chi connectivity index (χ4v) is 4.55. The van der Waals surface area contributed by atoms with Crippen molar-refractivity contribution in [3.8, 4) is 6.07 Å². The largest absolute Gasteiger partial charge is 0.300 e. The molecule has 3 aromatic carbocycles. The highest BCUT2D eigenvalue weighted by molar-refractivity contribution is 5.54. The first-order valence-corrected chi connectivity index (χ1v) is 9.45. The van der Waals surface area contributed by atoms with Gasteiger partial charge in [-0.25, -0.2) is 0 Å². The van der Waals surface area contributed by atoms with Gasteiger partial charge >= 0.3 is 0 Å². The van der Waals surface area contributed by atoms with Crippen LogP contribution in [-0.4, -0.2) is 18.5 Å². The van der Waals surface area contributed by atoms with Crippen molar-refractivity contribution in [1.29, 1.82) is 5.26 Å². The van der Waals surface area contributed by atoms with Crippen LogP contribution in [0.5, 0.6) is 0 Å². The molecule has 0 aliphatic heterocycles. The van der Waals surface area contributed by atoms with E-state index in [4.69, 9.17) is 0 Å². The molecule has 0 amide bonds. The minimum absolute atomic E-state index is 0.227. The zero-order valence-electron chi connectivity index (χ0n) is 15.7. The van der Waals surface area contributed by atoms with Crippen LogP contribution < -0.4 is 0 Å². The van der Waals surface area contributed by atoms with Crippen molar-refractivity contribution in [2.75, 3.05) is 13.6 Å². The summed E-state index contributed by atoms with van der Waals surface area (Å²) in [6.07, 6.45) is 0.865. The summed E-state index contributed by atoms with van der Waals surface area (Å²) in [7, 11) is 2.12. The van der Waals surface area contributed by atoms with Gasteiger partial charge in [-0.15, -0.1) is 0 Å². The van der Waals surface area contributed by atoms with E-state index in [0.717, 1.165) is 19.5 Å². The lowest BCUT2D eigenvalue weighted by molar-refractivity contribution is 0.275. The monoisotopic (exact) mass is 352 g/mol. The van der Waals surface area contributed by atoms with E-state index in [1.54, 1.807) is 0 Å². The maximum absolute atomic E-state index is 10.3. The predicted molar refractivity (Wildman–Crippen MR) is 109 cm³/mol. The van der Waals surface area contributed by atoms with Crippen molar-refractivity contribution < 1.29 is 0 Å². The fourth-order valence-electron chi connectivity index (χ4n) is 4.55. The molecule has 1 aliphatic carbocycles. The summed E-state index contributed by atoms with van der Waals surface area (Å²) in [6, 6.07) is 34.2. The quantitative estimate of drug-likeness (QED) is 0.623. The highest BCUT2D eigenvalue weighted by atomic mass is 15.1. The van der Waals surface area contributed by atoms with Gasteiger partial charge in [0.1, 0.15) is 0 Å². The maximum atomic E-state index is 10.3. The Kier molecular flexibility index (Phi) is 4.56. The van der Waals surface area contributed by atoms with Crippen molar-refractivity contribution in [1.82, 2.24) is 4.90 Å². The molecule has 2 nitrogen and oxygen atoms in total. The first-order valence-electron chi connectivity index (χ1n) is 9.45. The Morgan fingerprint density at radius 3 is 1.78 bits per heavy atom.